The number of urea groups is 1. The second-order valence-electron chi connectivity index (χ2n) is 3.92. The van der Waals surface area contributed by atoms with E-state index in [0.717, 1.165) is 0 Å². The van der Waals surface area contributed by atoms with Crippen LogP contribution in [0.25, 0.3) is 6.08 Å². The Balaban J connectivity index is 2.52. The van der Waals surface area contributed by atoms with E-state index >= 15 is 0 Å². The molecule has 0 unspecified atom stereocenters. The minimum atomic E-state index is -0.560. The molecule has 0 aromatic heterocycles. The van der Waals surface area contributed by atoms with Gasteiger partial charge in [0.1, 0.15) is 11.4 Å². The number of imide groups is 1. The van der Waals surface area contributed by atoms with Crippen molar-refractivity contribution in [2.75, 3.05) is 21.3 Å². The number of carbonyl (C=O) groups excluding carboxylic acids is 2. The highest BCUT2D eigenvalue weighted by Gasteiger charge is 2.24. The van der Waals surface area contributed by atoms with E-state index in [9.17, 15) is 9.59 Å². The fourth-order valence-corrected chi connectivity index (χ4v) is 1.83. The van der Waals surface area contributed by atoms with Crippen LogP contribution < -0.4 is 24.8 Å². The molecule has 1 aliphatic rings. The summed E-state index contributed by atoms with van der Waals surface area (Å²) in [5.41, 5.74) is 0.680. The molecule has 1 aromatic rings. The zero-order chi connectivity index (χ0) is 14.7. The number of rotatable bonds is 4. The lowest BCUT2D eigenvalue weighted by atomic mass is 10.1. The third-order valence-corrected chi connectivity index (χ3v) is 2.74. The highest BCUT2D eigenvalue weighted by Crippen LogP contribution is 2.36. The maximum atomic E-state index is 11.5. The third kappa shape index (κ3) is 2.51. The predicted molar refractivity (Wildman–Crippen MR) is 70.7 cm³/mol. The molecule has 0 aliphatic carbocycles. The minimum absolute atomic E-state index is 0.128. The Kier molecular flexibility index (Phi) is 3.79. The monoisotopic (exact) mass is 278 g/mol. The van der Waals surface area contributed by atoms with E-state index in [4.69, 9.17) is 14.2 Å². The maximum absolute atomic E-state index is 11.5. The first-order valence-corrected chi connectivity index (χ1v) is 5.73. The summed E-state index contributed by atoms with van der Waals surface area (Å²) in [5, 5.41) is 4.52. The Morgan fingerprint density at radius 1 is 1.00 bits per heavy atom. The normalized spacial score (nSPS) is 15.8. The van der Waals surface area contributed by atoms with Crippen molar-refractivity contribution in [3.8, 4) is 17.2 Å². The van der Waals surface area contributed by atoms with Crippen molar-refractivity contribution in [2.24, 2.45) is 0 Å². The molecule has 106 valence electrons. The van der Waals surface area contributed by atoms with Crippen LogP contribution >= 0.6 is 0 Å². The van der Waals surface area contributed by atoms with Gasteiger partial charge in [-0.1, -0.05) is 0 Å². The molecular formula is C13H14N2O5. The van der Waals surface area contributed by atoms with Crippen molar-refractivity contribution in [3.05, 3.63) is 23.4 Å². The van der Waals surface area contributed by atoms with Gasteiger partial charge in [0.25, 0.3) is 5.91 Å². The van der Waals surface area contributed by atoms with Crippen LogP contribution in [0.3, 0.4) is 0 Å². The van der Waals surface area contributed by atoms with Crippen LogP contribution in [0.2, 0.25) is 0 Å². The number of amides is 3. The number of nitrogens with one attached hydrogen (secondary N) is 2. The summed E-state index contributed by atoms with van der Waals surface area (Å²) in [6, 6.07) is 2.77. The molecule has 2 N–H and O–H groups in total. The first-order valence-electron chi connectivity index (χ1n) is 5.73. The molecule has 0 atom stereocenters. The highest BCUT2D eigenvalue weighted by molar-refractivity contribution is 6.14. The van der Waals surface area contributed by atoms with Crippen molar-refractivity contribution < 1.29 is 23.8 Å². The van der Waals surface area contributed by atoms with Crippen LogP contribution in [0.15, 0.2) is 17.8 Å². The zero-order valence-electron chi connectivity index (χ0n) is 11.3. The fourth-order valence-electron chi connectivity index (χ4n) is 1.83. The van der Waals surface area contributed by atoms with Gasteiger partial charge in [-0.2, -0.15) is 0 Å². The topological polar surface area (TPSA) is 85.9 Å². The quantitative estimate of drug-likeness (QED) is 0.631. The average molecular weight is 278 g/mol. The number of carbonyl (C=O) groups is 2. The number of ether oxygens (including phenoxy) is 3. The number of methoxy groups -OCH3 is 3. The van der Waals surface area contributed by atoms with Crippen molar-refractivity contribution >= 4 is 18.0 Å². The van der Waals surface area contributed by atoms with Crippen LogP contribution in [-0.2, 0) is 4.79 Å². The van der Waals surface area contributed by atoms with Gasteiger partial charge in [-0.15, -0.1) is 0 Å². The first kappa shape index (κ1) is 13.7. The summed E-state index contributed by atoms with van der Waals surface area (Å²) in [7, 11) is 4.50. The van der Waals surface area contributed by atoms with Gasteiger partial charge >= 0.3 is 6.03 Å². The number of hydrogen-bond acceptors (Lipinski definition) is 5. The Bertz CT molecular complexity index is 595. The molecule has 0 saturated carbocycles. The summed E-state index contributed by atoms with van der Waals surface area (Å²) in [6.45, 7) is 0. The Hall–Kier alpha value is -2.70. The Labute approximate surface area is 115 Å². The lowest BCUT2D eigenvalue weighted by Crippen LogP contribution is -2.22. The summed E-state index contributed by atoms with van der Waals surface area (Å²) in [4.78, 5) is 22.6. The first-order chi connectivity index (χ1) is 9.58. The van der Waals surface area contributed by atoms with Crippen molar-refractivity contribution in [2.45, 2.75) is 0 Å². The van der Waals surface area contributed by atoms with Crippen LogP contribution in [0.5, 0.6) is 17.2 Å². The van der Waals surface area contributed by atoms with E-state index in [1.165, 1.54) is 27.4 Å². The summed E-state index contributed by atoms with van der Waals surface area (Å²) in [5.74, 6) is 0.941. The molecule has 0 spiro atoms. The van der Waals surface area contributed by atoms with Crippen molar-refractivity contribution in [1.29, 1.82) is 0 Å². The average Bonchev–Trinajstić information content (AvgIpc) is 2.75. The maximum Gasteiger partial charge on any atom is 0.326 e. The summed E-state index contributed by atoms with van der Waals surface area (Å²) < 4.78 is 15.6. The molecule has 20 heavy (non-hydrogen) atoms. The molecule has 1 aliphatic heterocycles. The largest absolute Gasteiger partial charge is 0.497 e. The van der Waals surface area contributed by atoms with E-state index in [2.05, 4.69) is 10.6 Å². The highest BCUT2D eigenvalue weighted by atomic mass is 16.5. The number of benzene rings is 1. The Morgan fingerprint density at radius 2 is 1.75 bits per heavy atom. The van der Waals surface area contributed by atoms with Gasteiger partial charge in [-0.3, -0.25) is 10.1 Å². The lowest BCUT2D eigenvalue weighted by Gasteiger charge is -2.12. The van der Waals surface area contributed by atoms with E-state index in [-0.39, 0.29) is 5.70 Å². The van der Waals surface area contributed by atoms with Gasteiger partial charge in [-0.05, 0) is 12.1 Å². The molecule has 1 heterocycles. The van der Waals surface area contributed by atoms with Gasteiger partial charge in [0, 0.05) is 11.6 Å². The standard InChI is InChI=1S/C13H14N2O5/c1-18-8-4-7(11(20-3)10(6-8)19-2)5-9-12(16)15-13(17)14-9/h4-6H,1-3H3,(H2,14,15,16,17). The van der Waals surface area contributed by atoms with Crippen LogP contribution in [-0.4, -0.2) is 33.3 Å². The number of hydrogen-bond donors (Lipinski definition) is 2. The van der Waals surface area contributed by atoms with Gasteiger partial charge in [0.05, 0.1) is 21.3 Å². The Morgan fingerprint density at radius 3 is 2.25 bits per heavy atom. The fraction of sp³-hybridized carbons (Fsp3) is 0.231. The SMILES string of the molecule is COc1cc(C=C2NC(=O)NC2=O)c(OC)c(OC)c1. The van der Waals surface area contributed by atoms with Crippen LogP contribution in [0, 0.1) is 0 Å². The molecule has 3 amide bonds. The molecular weight excluding hydrogens is 264 g/mol. The van der Waals surface area contributed by atoms with Crippen molar-refractivity contribution in [3.63, 3.8) is 0 Å². The van der Waals surface area contributed by atoms with Gasteiger partial charge in [0.2, 0.25) is 0 Å². The summed E-state index contributed by atoms with van der Waals surface area (Å²) in [6.07, 6.45) is 1.49. The van der Waals surface area contributed by atoms with Gasteiger partial charge in [-0.25, -0.2) is 4.79 Å². The van der Waals surface area contributed by atoms with Crippen LogP contribution in [0.4, 0.5) is 4.79 Å². The van der Waals surface area contributed by atoms with E-state index < -0.39 is 11.9 Å². The molecule has 0 bridgehead atoms. The van der Waals surface area contributed by atoms with E-state index in [1.807, 2.05) is 0 Å². The second-order valence-corrected chi connectivity index (χ2v) is 3.92. The molecule has 0 radical (unpaired) electrons. The summed E-state index contributed by atoms with van der Waals surface area (Å²) >= 11 is 0. The molecule has 1 aromatic carbocycles. The minimum Gasteiger partial charge on any atom is -0.497 e. The van der Waals surface area contributed by atoms with E-state index in [1.54, 1.807) is 12.1 Å². The molecule has 1 saturated heterocycles. The molecule has 7 nitrogen and oxygen atoms in total. The molecule has 7 heteroatoms. The van der Waals surface area contributed by atoms with Crippen LogP contribution in [0.1, 0.15) is 5.56 Å². The second kappa shape index (κ2) is 5.52. The van der Waals surface area contributed by atoms with Gasteiger partial charge in [0.15, 0.2) is 11.5 Å². The van der Waals surface area contributed by atoms with Gasteiger partial charge < -0.3 is 19.5 Å². The third-order valence-electron chi connectivity index (χ3n) is 2.74. The smallest absolute Gasteiger partial charge is 0.326 e. The molecule has 2 rings (SSSR count). The lowest BCUT2D eigenvalue weighted by molar-refractivity contribution is -0.115. The van der Waals surface area contributed by atoms with E-state index in [0.29, 0.717) is 22.8 Å². The predicted octanol–water partition coefficient (Wildman–Crippen LogP) is 0.893. The zero-order valence-corrected chi connectivity index (χ0v) is 11.3. The molecule has 1 fully saturated rings. The van der Waals surface area contributed by atoms with Crippen molar-refractivity contribution in [1.82, 2.24) is 10.6 Å².